The van der Waals surface area contributed by atoms with Gasteiger partial charge >= 0.3 is 5.97 Å². The molecule has 2 aromatic carbocycles. The Kier molecular flexibility index (Phi) is 3.80. The summed E-state index contributed by atoms with van der Waals surface area (Å²) >= 11 is 0. The Morgan fingerprint density at radius 3 is 2.47 bits per heavy atom. The van der Waals surface area contributed by atoms with E-state index in [9.17, 15) is 9.18 Å². The number of carboxylic acid groups (broad SMARTS) is 1. The number of aromatic carboxylic acids is 1. The van der Waals surface area contributed by atoms with Crippen LogP contribution in [0.1, 0.15) is 15.9 Å². The van der Waals surface area contributed by atoms with Gasteiger partial charge in [0.1, 0.15) is 5.82 Å². The van der Waals surface area contributed by atoms with Gasteiger partial charge in [0.25, 0.3) is 0 Å². The second-order valence-corrected chi connectivity index (χ2v) is 4.30. The minimum atomic E-state index is -1.12. The van der Waals surface area contributed by atoms with Crippen molar-refractivity contribution in [3.63, 3.8) is 0 Å². The number of carboxylic acids is 1. The lowest BCUT2D eigenvalue weighted by molar-refractivity contribution is 0.0696. The maximum absolute atomic E-state index is 13.8. The van der Waals surface area contributed by atoms with Crippen LogP contribution in [-0.4, -0.2) is 18.1 Å². The van der Waals surface area contributed by atoms with Crippen molar-refractivity contribution in [2.75, 3.05) is 11.9 Å². The first kappa shape index (κ1) is 13.1. The van der Waals surface area contributed by atoms with Crippen molar-refractivity contribution in [3.8, 4) is 0 Å². The molecule has 0 unspecified atom stereocenters. The number of hydrogen-bond acceptors (Lipinski definition) is 2. The van der Waals surface area contributed by atoms with Crippen LogP contribution < -0.4 is 4.90 Å². The fourth-order valence-electron chi connectivity index (χ4n) is 1.84. The molecule has 0 saturated heterocycles. The van der Waals surface area contributed by atoms with E-state index in [1.165, 1.54) is 12.1 Å². The molecule has 0 saturated carbocycles. The highest BCUT2D eigenvalue weighted by Crippen LogP contribution is 2.17. The SMILES string of the molecule is CN(Cc1ccc(C(=O)O)cc1F)c1ccccc1. The summed E-state index contributed by atoms with van der Waals surface area (Å²) in [6, 6.07) is 13.6. The number of nitrogens with zero attached hydrogens (tertiary/aromatic N) is 1. The zero-order chi connectivity index (χ0) is 13.8. The molecule has 0 spiro atoms. The van der Waals surface area contributed by atoms with Gasteiger partial charge in [0, 0.05) is 24.8 Å². The Labute approximate surface area is 110 Å². The van der Waals surface area contributed by atoms with Crippen LogP contribution in [0.25, 0.3) is 0 Å². The van der Waals surface area contributed by atoms with Crippen LogP contribution in [0.2, 0.25) is 0 Å². The van der Waals surface area contributed by atoms with Crippen LogP contribution in [0.3, 0.4) is 0 Å². The van der Waals surface area contributed by atoms with E-state index >= 15 is 0 Å². The quantitative estimate of drug-likeness (QED) is 0.916. The van der Waals surface area contributed by atoms with E-state index in [2.05, 4.69) is 0 Å². The second-order valence-electron chi connectivity index (χ2n) is 4.30. The number of para-hydroxylation sites is 1. The summed E-state index contributed by atoms with van der Waals surface area (Å²) in [5.74, 6) is -1.62. The first-order chi connectivity index (χ1) is 9.08. The molecule has 0 bridgehead atoms. The Morgan fingerprint density at radius 1 is 1.21 bits per heavy atom. The molecule has 0 fully saturated rings. The predicted molar refractivity (Wildman–Crippen MR) is 71.9 cm³/mol. The van der Waals surface area contributed by atoms with Crippen molar-refractivity contribution >= 4 is 11.7 Å². The Morgan fingerprint density at radius 2 is 1.89 bits per heavy atom. The van der Waals surface area contributed by atoms with Gasteiger partial charge in [-0.3, -0.25) is 0 Å². The molecule has 98 valence electrons. The number of rotatable bonds is 4. The normalized spacial score (nSPS) is 10.2. The molecule has 19 heavy (non-hydrogen) atoms. The van der Waals surface area contributed by atoms with Crippen molar-refractivity contribution in [2.45, 2.75) is 6.54 Å². The summed E-state index contributed by atoms with van der Waals surface area (Å²) in [4.78, 5) is 12.6. The number of benzene rings is 2. The molecule has 0 aliphatic rings. The summed E-state index contributed by atoms with van der Waals surface area (Å²) < 4.78 is 13.8. The van der Waals surface area contributed by atoms with Crippen LogP contribution in [0, 0.1) is 5.82 Å². The van der Waals surface area contributed by atoms with E-state index in [4.69, 9.17) is 5.11 Å². The van der Waals surface area contributed by atoms with Crippen LogP contribution in [0.15, 0.2) is 48.5 Å². The van der Waals surface area contributed by atoms with Gasteiger partial charge in [-0.2, -0.15) is 0 Å². The van der Waals surface area contributed by atoms with Gasteiger partial charge in [0.05, 0.1) is 5.56 Å². The highest BCUT2D eigenvalue weighted by molar-refractivity contribution is 5.87. The summed E-state index contributed by atoms with van der Waals surface area (Å²) in [6.07, 6.45) is 0. The molecule has 0 atom stereocenters. The molecular formula is C15H14FNO2. The molecule has 4 heteroatoms. The first-order valence-corrected chi connectivity index (χ1v) is 5.86. The van der Waals surface area contributed by atoms with Crippen LogP contribution in [0.5, 0.6) is 0 Å². The van der Waals surface area contributed by atoms with Crippen LogP contribution >= 0.6 is 0 Å². The molecule has 0 aliphatic carbocycles. The van der Waals surface area contributed by atoms with Gasteiger partial charge in [0.15, 0.2) is 0 Å². The monoisotopic (exact) mass is 259 g/mol. The van der Waals surface area contributed by atoms with Gasteiger partial charge in [-0.25, -0.2) is 9.18 Å². The number of halogens is 1. The molecule has 1 N–H and O–H groups in total. The minimum absolute atomic E-state index is 0.0383. The minimum Gasteiger partial charge on any atom is -0.478 e. The number of carbonyl (C=O) groups is 1. The average molecular weight is 259 g/mol. The van der Waals surface area contributed by atoms with Crippen LogP contribution in [0.4, 0.5) is 10.1 Å². The molecular weight excluding hydrogens is 245 g/mol. The average Bonchev–Trinajstić information content (AvgIpc) is 2.41. The van der Waals surface area contributed by atoms with Gasteiger partial charge < -0.3 is 10.0 Å². The molecule has 3 nitrogen and oxygen atoms in total. The van der Waals surface area contributed by atoms with Gasteiger partial charge in [-0.15, -0.1) is 0 Å². The van der Waals surface area contributed by atoms with E-state index in [0.717, 1.165) is 11.8 Å². The van der Waals surface area contributed by atoms with E-state index in [1.54, 1.807) is 0 Å². The standard InChI is InChI=1S/C15H14FNO2/c1-17(13-5-3-2-4-6-13)10-12-8-7-11(15(18)19)9-14(12)16/h2-9H,10H2,1H3,(H,18,19). The van der Waals surface area contributed by atoms with Gasteiger partial charge in [0.2, 0.25) is 0 Å². The lowest BCUT2D eigenvalue weighted by atomic mass is 10.1. The highest BCUT2D eigenvalue weighted by atomic mass is 19.1. The fourth-order valence-corrected chi connectivity index (χ4v) is 1.84. The van der Waals surface area contributed by atoms with Crippen molar-refractivity contribution in [3.05, 3.63) is 65.5 Å². The lowest BCUT2D eigenvalue weighted by Gasteiger charge is -2.19. The van der Waals surface area contributed by atoms with E-state index in [0.29, 0.717) is 12.1 Å². The third-order valence-corrected chi connectivity index (χ3v) is 2.90. The molecule has 0 amide bonds. The maximum atomic E-state index is 13.8. The smallest absolute Gasteiger partial charge is 0.335 e. The fraction of sp³-hybridized carbons (Fsp3) is 0.133. The molecule has 2 aromatic rings. The van der Waals surface area contributed by atoms with Crippen molar-refractivity contribution in [1.29, 1.82) is 0 Å². The van der Waals surface area contributed by atoms with E-state index in [-0.39, 0.29) is 5.56 Å². The largest absolute Gasteiger partial charge is 0.478 e. The molecule has 2 rings (SSSR count). The Bertz CT molecular complexity index is 584. The zero-order valence-corrected chi connectivity index (χ0v) is 10.5. The third-order valence-electron chi connectivity index (χ3n) is 2.90. The first-order valence-electron chi connectivity index (χ1n) is 5.86. The van der Waals surface area contributed by atoms with Gasteiger partial charge in [-0.1, -0.05) is 24.3 Å². The van der Waals surface area contributed by atoms with Crippen molar-refractivity contribution < 1.29 is 14.3 Å². The van der Waals surface area contributed by atoms with Crippen molar-refractivity contribution in [1.82, 2.24) is 0 Å². The molecule has 0 heterocycles. The molecule has 0 aliphatic heterocycles. The zero-order valence-electron chi connectivity index (χ0n) is 10.5. The summed E-state index contributed by atoms with van der Waals surface area (Å²) in [6.45, 7) is 0.385. The summed E-state index contributed by atoms with van der Waals surface area (Å²) in [7, 11) is 1.86. The second kappa shape index (κ2) is 5.52. The molecule has 0 radical (unpaired) electrons. The van der Waals surface area contributed by atoms with Crippen molar-refractivity contribution in [2.24, 2.45) is 0 Å². The van der Waals surface area contributed by atoms with Gasteiger partial charge in [-0.05, 0) is 24.3 Å². The summed E-state index contributed by atoms with van der Waals surface area (Å²) in [5.41, 5.74) is 1.41. The van der Waals surface area contributed by atoms with E-state index < -0.39 is 11.8 Å². The topological polar surface area (TPSA) is 40.5 Å². The molecule has 0 aromatic heterocycles. The number of hydrogen-bond donors (Lipinski definition) is 1. The number of anilines is 1. The predicted octanol–water partition coefficient (Wildman–Crippen LogP) is 3.16. The van der Waals surface area contributed by atoms with Crippen LogP contribution in [-0.2, 0) is 6.54 Å². The Balaban J connectivity index is 2.18. The lowest BCUT2D eigenvalue weighted by Crippen LogP contribution is -2.17. The van der Waals surface area contributed by atoms with E-state index in [1.807, 2.05) is 42.3 Å². The maximum Gasteiger partial charge on any atom is 0.335 e. The summed E-state index contributed by atoms with van der Waals surface area (Å²) in [5, 5.41) is 8.78. The highest BCUT2D eigenvalue weighted by Gasteiger charge is 2.10. The third kappa shape index (κ3) is 3.10. The Hall–Kier alpha value is -2.36.